The van der Waals surface area contributed by atoms with Gasteiger partial charge in [0.05, 0.1) is 11.5 Å². The van der Waals surface area contributed by atoms with Gasteiger partial charge in [-0.3, -0.25) is 4.79 Å². The molecule has 3 nitrogen and oxygen atoms in total. The number of aliphatic hydroxyl groups is 1. The second-order valence-corrected chi connectivity index (χ2v) is 4.91. The first-order chi connectivity index (χ1) is 7.48. The molecule has 0 spiro atoms. The Hall–Kier alpha value is -1.06. The third-order valence-corrected chi connectivity index (χ3v) is 3.26. The third-order valence-electron chi connectivity index (χ3n) is 3.02. The summed E-state index contributed by atoms with van der Waals surface area (Å²) >= 11 is 5.84. The molecule has 0 unspecified atom stereocenters. The molecule has 1 saturated carbocycles. The lowest BCUT2D eigenvalue weighted by atomic mass is 9.68. The van der Waals surface area contributed by atoms with Crippen LogP contribution in [0.25, 0.3) is 0 Å². The minimum atomic E-state index is -0.867. The number of aliphatic carboxylic acids is 1. The Labute approximate surface area is 98.7 Å². The predicted molar refractivity (Wildman–Crippen MR) is 60.5 cm³/mol. The summed E-state index contributed by atoms with van der Waals surface area (Å²) < 4.78 is 0. The molecular formula is C12H13ClO3. The highest BCUT2D eigenvalue weighted by molar-refractivity contribution is 6.30. The van der Waals surface area contributed by atoms with Gasteiger partial charge in [0.15, 0.2) is 0 Å². The van der Waals surface area contributed by atoms with E-state index in [4.69, 9.17) is 16.7 Å². The number of rotatable bonds is 3. The number of benzene rings is 1. The largest absolute Gasteiger partial charge is 0.481 e. The minimum absolute atomic E-state index is 0.328. The van der Waals surface area contributed by atoms with Crippen LogP contribution in [0.5, 0.6) is 0 Å². The van der Waals surface area contributed by atoms with Gasteiger partial charge in [-0.05, 0) is 30.5 Å². The van der Waals surface area contributed by atoms with E-state index in [1.807, 2.05) is 12.1 Å². The van der Waals surface area contributed by atoms with E-state index >= 15 is 0 Å². The molecule has 0 atom stereocenters. The smallest absolute Gasteiger partial charge is 0.306 e. The monoisotopic (exact) mass is 240 g/mol. The van der Waals surface area contributed by atoms with Crippen molar-refractivity contribution < 1.29 is 15.0 Å². The maximum absolute atomic E-state index is 10.6. The summed E-state index contributed by atoms with van der Waals surface area (Å²) in [5.74, 6) is -1.22. The molecule has 4 heteroatoms. The Morgan fingerprint density at radius 1 is 1.50 bits per heavy atom. The Kier molecular flexibility index (Phi) is 2.91. The molecule has 0 amide bonds. The standard InChI is InChI=1S/C12H13ClO3/c13-10-3-1-2-8(4-10)5-12(16)6-9(7-12)11(14)15/h1-4,9,16H,5-7H2,(H,14,15). The van der Waals surface area contributed by atoms with Crippen molar-refractivity contribution in [2.24, 2.45) is 5.92 Å². The number of carboxylic acids is 1. The number of carboxylic acid groups (broad SMARTS) is 1. The van der Waals surface area contributed by atoms with E-state index in [-0.39, 0.29) is 0 Å². The first-order valence-electron chi connectivity index (χ1n) is 5.18. The molecule has 1 aromatic carbocycles. The summed E-state index contributed by atoms with van der Waals surface area (Å²) in [5, 5.41) is 19.4. The first-order valence-corrected chi connectivity index (χ1v) is 5.56. The molecule has 0 saturated heterocycles. The molecule has 86 valence electrons. The molecule has 2 N–H and O–H groups in total. The van der Waals surface area contributed by atoms with Crippen molar-refractivity contribution in [2.45, 2.75) is 24.9 Å². The van der Waals surface area contributed by atoms with E-state index in [2.05, 4.69) is 0 Å². The minimum Gasteiger partial charge on any atom is -0.481 e. The van der Waals surface area contributed by atoms with E-state index < -0.39 is 17.5 Å². The highest BCUT2D eigenvalue weighted by atomic mass is 35.5. The van der Waals surface area contributed by atoms with E-state index in [1.165, 1.54) is 0 Å². The fourth-order valence-corrected chi connectivity index (χ4v) is 2.42. The highest BCUT2D eigenvalue weighted by Crippen LogP contribution is 2.40. The Morgan fingerprint density at radius 2 is 2.19 bits per heavy atom. The van der Waals surface area contributed by atoms with E-state index in [9.17, 15) is 9.90 Å². The number of hydrogen-bond donors (Lipinski definition) is 2. The highest BCUT2D eigenvalue weighted by Gasteiger charge is 2.46. The van der Waals surface area contributed by atoms with Crippen molar-refractivity contribution in [3.63, 3.8) is 0 Å². The quantitative estimate of drug-likeness (QED) is 0.851. The van der Waals surface area contributed by atoms with Gasteiger partial charge in [-0.2, -0.15) is 0 Å². The van der Waals surface area contributed by atoms with Crippen LogP contribution >= 0.6 is 11.6 Å². The molecular weight excluding hydrogens is 228 g/mol. The van der Waals surface area contributed by atoms with Crippen molar-refractivity contribution in [2.75, 3.05) is 0 Å². The fourth-order valence-electron chi connectivity index (χ4n) is 2.20. The fraction of sp³-hybridized carbons (Fsp3) is 0.417. The van der Waals surface area contributed by atoms with Gasteiger partial charge in [-0.15, -0.1) is 0 Å². The number of carbonyl (C=O) groups is 1. The average Bonchev–Trinajstić information content (AvgIpc) is 2.13. The van der Waals surface area contributed by atoms with Crippen molar-refractivity contribution in [1.29, 1.82) is 0 Å². The second kappa shape index (κ2) is 4.07. The third kappa shape index (κ3) is 2.36. The van der Waals surface area contributed by atoms with Crippen LogP contribution < -0.4 is 0 Å². The summed E-state index contributed by atoms with van der Waals surface area (Å²) in [6.45, 7) is 0. The number of hydrogen-bond acceptors (Lipinski definition) is 2. The molecule has 1 aliphatic rings. The zero-order valence-corrected chi connectivity index (χ0v) is 9.44. The molecule has 0 radical (unpaired) electrons. The van der Waals surface area contributed by atoms with Crippen molar-refractivity contribution >= 4 is 17.6 Å². The normalized spacial score (nSPS) is 28.5. The van der Waals surface area contributed by atoms with Crippen LogP contribution in [-0.2, 0) is 11.2 Å². The molecule has 0 aromatic heterocycles. The molecule has 0 heterocycles. The van der Waals surface area contributed by atoms with Gasteiger partial charge in [0.1, 0.15) is 0 Å². The molecule has 1 aromatic rings. The summed E-state index contributed by atoms with van der Waals surface area (Å²) in [5.41, 5.74) is 0.0760. The lowest BCUT2D eigenvalue weighted by Crippen LogP contribution is -2.48. The van der Waals surface area contributed by atoms with Crippen LogP contribution in [0, 0.1) is 5.92 Å². The predicted octanol–water partition coefficient (Wildman–Crippen LogP) is 2.11. The van der Waals surface area contributed by atoms with Crippen molar-refractivity contribution in [3.8, 4) is 0 Å². The van der Waals surface area contributed by atoms with Gasteiger partial charge in [0.25, 0.3) is 0 Å². The lowest BCUT2D eigenvalue weighted by molar-refractivity contribution is -0.158. The SMILES string of the molecule is O=C(O)C1CC(O)(Cc2cccc(Cl)c2)C1. The lowest BCUT2D eigenvalue weighted by Gasteiger charge is -2.41. The van der Waals surface area contributed by atoms with Crippen molar-refractivity contribution in [1.82, 2.24) is 0 Å². The Morgan fingerprint density at radius 3 is 2.75 bits per heavy atom. The zero-order valence-electron chi connectivity index (χ0n) is 8.69. The van der Waals surface area contributed by atoms with Crippen LogP contribution in [0.2, 0.25) is 5.02 Å². The molecule has 1 fully saturated rings. The summed E-state index contributed by atoms with van der Waals surface area (Å²) in [7, 11) is 0. The van der Waals surface area contributed by atoms with Gasteiger partial charge in [0.2, 0.25) is 0 Å². The Balaban J connectivity index is 1.99. The van der Waals surface area contributed by atoms with Crippen LogP contribution in [0.15, 0.2) is 24.3 Å². The molecule has 1 aliphatic carbocycles. The molecule has 16 heavy (non-hydrogen) atoms. The topological polar surface area (TPSA) is 57.5 Å². The van der Waals surface area contributed by atoms with Crippen LogP contribution in [0.3, 0.4) is 0 Å². The van der Waals surface area contributed by atoms with E-state index in [0.29, 0.717) is 24.3 Å². The summed E-state index contributed by atoms with van der Waals surface area (Å²) in [4.78, 5) is 10.6. The van der Waals surface area contributed by atoms with Crippen LogP contribution in [0.4, 0.5) is 0 Å². The second-order valence-electron chi connectivity index (χ2n) is 4.47. The van der Waals surface area contributed by atoms with Crippen molar-refractivity contribution in [3.05, 3.63) is 34.9 Å². The first kappa shape index (κ1) is 11.4. The zero-order chi connectivity index (χ0) is 11.8. The van der Waals surface area contributed by atoms with Gasteiger partial charge in [-0.1, -0.05) is 23.7 Å². The number of halogens is 1. The summed E-state index contributed by atoms with van der Waals surface area (Å²) in [6, 6.07) is 7.29. The van der Waals surface area contributed by atoms with Gasteiger partial charge >= 0.3 is 5.97 Å². The van der Waals surface area contributed by atoms with Gasteiger partial charge in [-0.25, -0.2) is 0 Å². The van der Waals surface area contributed by atoms with Gasteiger partial charge < -0.3 is 10.2 Å². The van der Waals surface area contributed by atoms with E-state index in [1.54, 1.807) is 12.1 Å². The van der Waals surface area contributed by atoms with E-state index in [0.717, 1.165) is 5.56 Å². The maximum atomic E-state index is 10.6. The Bertz CT molecular complexity index is 410. The molecule has 0 bridgehead atoms. The maximum Gasteiger partial charge on any atom is 0.306 e. The molecule has 0 aliphatic heterocycles. The van der Waals surface area contributed by atoms with Crippen LogP contribution in [0.1, 0.15) is 18.4 Å². The van der Waals surface area contributed by atoms with Gasteiger partial charge in [0, 0.05) is 11.4 Å². The average molecular weight is 241 g/mol. The molecule has 2 rings (SSSR count). The van der Waals surface area contributed by atoms with Crippen LogP contribution in [-0.4, -0.2) is 21.8 Å². The summed E-state index contributed by atoms with van der Waals surface area (Å²) in [6.07, 6.45) is 1.13.